The zero-order chi connectivity index (χ0) is 14.7. The van der Waals surface area contributed by atoms with Crippen molar-refractivity contribution in [3.8, 4) is 0 Å². The van der Waals surface area contributed by atoms with E-state index in [1.54, 1.807) is 0 Å². The largest absolute Gasteiger partial charge is 0.481 e. The zero-order valence-electron chi connectivity index (χ0n) is 11.7. The van der Waals surface area contributed by atoms with Crippen molar-refractivity contribution in [1.29, 1.82) is 0 Å². The SMILES string of the molecule is Cc1n[nH]c(C)c1NC(=O)NC1CCC(C(=O)O)CC1. The average molecular weight is 280 g/mol. The fourth-order valence-corrected chi connectivity index (χ4v) is 2.55. The van der Waals surface area contributed by atoms with E-state index in [1.807, 2.05) is 13.8 Å². The molecule has 0 atom stereocenters. The molecule has 2 amide bonds. The molecule has 7 nitrogen and oxygen atoms in total. The number of rotatable bonds is 3. The van der Waals surface area contributed by atoms with Crippen LogP contribution >= 0.6 is 0 Å². The van der Waals surface area contributed by atoms with Gasteiger partial charge in [0.1, 0.15) is 0 Å². The van der Waals surface area contributed by atoms with Crippen molar-refractivity contribution in [2.75, 3.05) is 5.32 Å². The highest BCUT2D eigenvalue weighted by Gasteiger charge is 2.26. The number of H-pyrrole nitrogens is 1. The van der Waals surface area contributed by atoms with E-state index >= 15 is 0 Å². The van der Waals surface area contributed by atoms with Gasteiger partial charge in [-0.15, -0.1) is 0 Å². The lowest BCUT2D eigenvalue weighted by atomic mass is 9.86. The third-order valence-electron chi connectivity index (χ3n) is 3.78. The van der Waals surface area contributed by atoms with Crippen molar-refractivity contribution in [2.45, 2.75) is 45.6 Å². The number of aromatic amines is 1. The topological polar surface area (TPSA) is 107 Å². The number of aliphatic carboxylic acids is 1. The molecule has 1 aliphatic carbocycles. The molecule has 2 rings (SSSR count). The molecule has 110 valence electrons. The zero-order valence-corrected chi connectivity index (χ0v) is 11.7. The second-order valence-corrected chi connectivity index (χ2v) is 5.29. The molecule has 7 heteroatoms. The molecule has 0 aromatic carbocycles. The number of carboxylic acid groups (broad SMARTS) is 1. The Morgan fingerprint density at radius 1 is 1.25 bits per heavy atom. The van der Waals surface area contributed by atoms with Crippen LogP contribution in [0.25, 0.3) is 0 Å². The number of aryl methyl sites for hydroxylation is 2. The summed E-state index contributed by atoms with van der Waals surface area (Å²) in [6, 6.07) is -0.227. The summed E-state index contributed by atoms with van der Waals surface area (Å²) in [4.78, 5) is 22.8. The van der Waals surface area contributed by atoms with Crippen LogP contribution in [0.5, 0.6) is 0 Å². The lowest BCUT2D eigenvalue weighted by molar-refractivity contribution is -0.142. The number of anilines is 1. The Kier molecular flexibility index (Phi) is 4.26. The molecule has 4 N–H and O–H groups in total. The van der Waals surface area contributed by atoms with E-state index in [-0.39, 0.29) is 18.0 Å². The summed E-state index contributed by atoms with van der Waals surface area (Å²) >= 11 is 0. The van der Waals surface area contributed by atoms with Crippen molar-refractivity contribution < 1.29 is 14.7 Å². The molecule has 0 radical (unpaired) electrons. The highest BCUT2D eigenvalue weighted by atomic mass is 16.4. The van der Waals surface area contributed by atoms with Gasteiger partial charge in [0.05, 0.1) is 23.0 Å². The maximum absolute atomic E-state index is 11.9. The minimum Gasteiger partial charge on any atom is -0.481 e. The maximum Gasteiger partial charge on any atom is 0.319 e. The molecule has 1 aliphatic rings. The van der Waals surface area contributed by atoms with Crippen LogP contribution in [0, 0.1) is 19.8 Å². The molecular formula is C13H20N4O3. The van der Waals surface area contributed by atoms with Crippen LogP contribution in [0.4, 0.5) is 10.5 Å². The highest BCUT2D eigenvalue weighted by molar-refractivity contribution is 5.90. The van der Waals surface area contributed by atoms with Gasteiger partial charge in [-0.1, -0.05) is 0 Å². The number of nitrogens with one attached hydrogen (secondary N) is 3. The molecule has 1 fully saturated rings. The minimum atomic E-state index is -0.738. The lowest BCUT2D eigenvalue weighted by Crippen LogP contribution is -2.41. The third kappa shape index (κ3) is 3.28. The summed E-state index contributed by atoms with van der Waals surface area (Å²) < 4.78 is 0. The van der Waals surface area contributed by atoms with Gasteiger partial charge in [-0.3, -0.25) is 9.89 Å². The van der Waals surface area contributed by atoms with E-state index in [0.717, 1.165) is 11.4 Å². The number of aromatic nitrogens is 2. The Labute approximate surface area is 117 Å². The molecular weight excluding hydrogens is 260 g/mol. The van der Waals surface area contributed by atoms with Gasteiger partial charge in [0, 0.05) is 6.04 Å². The van der Waals surface area contributed by atoms with Crippen LogP contribution in [-0.4, -0.2) is 33.3 Å². The fourth-order valence-electron chi connectivity index (χ4n) is 2.55. The van der Waals surface area contributed by atoms with Crippen LogP contribution in [0.1, 0.15) is 37.1 Å². The van der Waals surface area contributed by atoms with Crippen molar-refractivity contribution in [1.82, 2.24) is 15.5 Å². The van der Waals surface area contributed by atoms with E-state index in [1.165, 1.54) is 0 Å². The number of carboxylic acids is 1. The number of carbonyl (C=O) groups excluding carboxylic acids is 1. The summed E-state index contributed by atoms with van der Waals surface area (Å²) in [5.74, 6) is -1.01. The number of amides is 2. The van der Waals surface area contributed by atoms with E-state index < -0.39 is 5.97 Å². The van der Waals surface area contributed by atoms with Crippen molar-refractivity contribution in [3.63, 3.8) is 0 Å². The molecule has 1 heterocycles. The Morgan fingerprint density at radius 2 is 1.90 bits per heavy atom. The van der Waals surface area contributed by atoms with Crippen LogP contribution in [-0.2, 0) is 4.79 Å². The molecule has 1 aromatic heterocycles. The summed E-state index contributed by atoms with van der Waals surface area (Å²) in [5.41, 5.74) is 2.25. The van der Waals surface area contributed by atoms with Gasteiger partial charge in [0.25, 0.3) is 0 Å². The van der Waals surface area contributed by atoms with Crippen molar-refractivity contribution in [3.05, 3.63) is 11.4 Å². The predicted molar refractivity (Wildman–Crippen MR) is 73.6 cm³/mol. The average Bonchev–Trinajstić information content (AvgIpc) is 2.71. The van der Waals surface area contributed by atoms with Gasteiger partial charge < -0.3 is 15.7 Å². The monoisotopic (exact) mass is 280 g/mol. The molecule has 1 saturated carbocycles. The van der Waals surface area contributed by atoms with Gasteiger partial charge in [0.15, 0.2) is 0 Å². The quantitative estimate of drug-likeness (QED) is 0.677. The molecule has 0 aliphatic heterocycles. The van der Waals surface area contributed by atoms with E-state index in [4.69, 9.17) is 5.11 Å². The number of hydrogen-bond donors (Lipinski definition) is 4. The van der Waals surface area contributed by atoms with Gasteiger partial charge in [-0.2, -0.15) is 5.10 Å². The second kappa shape index (κ2) is 5.94. The Balaban J connectivity index is 1.83. The number of urea groups is 1. The van der Waals surface area contributed by atoms with Crippen LogP contribution < -0.4 is 10.6 Å². The van der Waals surface area contributed by atoms with E-state index in [9.17, 15) is 9.59 Å². The molecule has 0 unspecified atom stereocenters. The second-order valence-electron chi connectivity index (χ2n) is 5.29. The summed E-state index contributed by atoms with van der Waals surface area (Å²) in [6.45, 7) is 3.66. The van der Waals surface area contributed by atoms with Crippen LogP contribution in [0.15, 0.2) is 0 Å². The standard InChI is InChI=1S/C13H20N4O3/c1-7-11(8(2)17-16-7)15-13(20)14-10-5-3-9(4-6-10)12(18)19/h9-10H,3-6H2,1-2H3,(H,16,17)(H,18,19)(H2,14,15,20). The van der Waals surface area contributed by atoms with Crippen LogP contribution in [0.2, 0.25) is 0 Å². The normalized spacial score (nSPS) is 22.3. The van der Waals surface area contributed by atoms with Gasteiger partial charge in [-0.05, 0) is 39.5 Å². The van der Waals surface area contributed by atoms with Crippen molar-refractivity contribution >= 4 is 17.7 Å². The first-order chi connectivity index (χ1) is 9.47. The summed E-state index contributed by atoms with van der Waals surface area (Å²) in [5, 5.41) is 21.4. The lowest BCUT2D eigenvalue weighted by Gasteiger charge is -2.26. The minimum absolute atomic E-state index is 0.0399. The fraction of sp³-hybridized carbons (Fsp3) is 0.615. The number of carbonyl (C=O) groups is 2. The Hall–Kier alpha value is -2.05. The number of hydrogen-bond acceptors (Lipinski definition) is 3. The van der Waals surface area contributed by atoms with E-state index in [2.05, 4.69) is 20.8 Å². The summed E-state index contributed by atoms with van der Waals surface area (Å²) in [6.07, 6.45) is 2.63. The molecule has 0 saturated heterocycles. The molecule has 0 bridgehead atoms. The Morgan fingerprint density at radius 3 is 2.40 bits per heavy atom. The van der Waals surface area contributed by atoms with Gasteiger partial charge in [-0.25, -0.2) is 4.79 Å². The van der Waals surface area contributed by atoms with Gasteiger partial charge in [0.2, 0.25) is 0 Å². The van der Waals surface area contributed by atoms with Crippen molar-refractivity contribution in [2.24, 2.45) is 5.92 Å². The first-order valence-corrected chi connectivity index (χ1v) is 6.79. The van der Waals surface area contributed by atoms with Crippen LogP contribution in [0.3, 0.4) is 0 Å². The summed E-state index contributed by atoms with van der Waals surface area (Å²) in [7, 11) is 0. The Bertz CT molecular complexity index is 484. The third-order valence-corrected chi connectivity index (χ3v) is 3.78. The first kappa shape index (κ1) is 14.4. The first-order valence-electron chi connectivity index (χ1n) is 6.79. The predicted octanol–water partition coefficient (Wildman–Crippen LogP) is 1.79. The molecule has 20 heavy (non-hydrogen) atoms. The number of nitrogens with zero attached hydrogens (tertiary/aromatic N) is 1. The smallest absolute Gasteiger partial charge is 0.319 e. The van der Waals surface area contributed by atoms with E-state index in [0.29, 0.717) is 31.4 Å². The highest BCUT2D eigenvalue weighted by Crippen LogP contribution is 2.24. The van der Waals surface area contributed by atoms with Gasteiger partial charge >= 0.3 is 12.0 Å². The molecule has 0 spiro atoms. The molecule has 1 aromatic rings. The maximum atomic E-state index is 11.9.